The molecule has 0 spiro atoms. The number of hydrogen-bond acceptors (Lipinski definition) is 2. The van der Waals surface area contributed by atoms with Gasteiger partial charge in [-0.15, -0.1) is 0 Å². The topological polar surface area (TPSA) is 29.9 Å². The van der Waals surface area contributed by atoms with Crippen LogP contribution >= 0.6 is 0 Å². The Morgan fingerprint density at radius 1 is 1.09 bits per heavy atom. The minimum absolute atomic E-state index is 0.337. The summed E-state index contributed by atoms with van der Waals surface area (Å²) in [5.41, 5.74) is 4.39. The van der Waals surface area contributed by atoms with Gasteiger partial charge in [0.15, 0.2) is 6.20 Å². The lowest BCUT2D eigenvalue weighted by Crippen LogP contribution is -2.30. The molecule has 0 amide bonds. The monoisotopic (exact) mass is 293 g/mol. The SMILES string of the molecule is Cc1cc2c(cc1-c1cccc[n+]1C)oc1nc(F)ccc12. The van der Waals surface area contributed by atoms with E-state index in [2.05, 4.69) is 28.6 Å². The standard InChI is InChI=1S/C18H14FN2O/c1-11-9-14-12-6-7-17(19)20-18(12)22-16(14)10-13(11)15-5-3-4-8-21(15)2/h3-10H,1-2H3/q+1. The summed E-state index contributed by atoms with van der Waals surface area (Å²) in [7, 11) is 2.01. The first kappa shape index (κ1) is 13.0. The van der Waals surface area contributed by atoms with Crippen LogP contribution in [0.5, 0.6) is 0 Å². The van der Waals surface area contributed by atoms with Crippen molar-refractivity contribution in [1.29, 1.82) is 0 Å². The lowest BCUT2D eigenvalue weighted by molar-refractivity contribution is -0.660. The fraction of sp³-hybridized carbons (Fsp3) is 0.111. The molecule has 4 aromatic rings. The maximum atomic E-state index is 13.3. The Hall–Kier alpha value is -2.75. The fourth-order valence-electron chi connectivity index (χ4n) is 2.87. The molecule has 0 N–H and O–H groups in total. The predicted molar refractivity (Wildman–Crippen MR) is 82.8 cm³/mol. The summed E-state index contributed by atoms with van der Waals surface area (Å²) in [4.78, 5) is 3.82. The molecule has 0 saturated heterocycles. The maximum absolute atomic E-state index is 13.3. The molecule has 108 valence electrons. The first-order valence-corrected chi connectivity index (χ1v) is 7.08. The Labute approximate surface area is 126 Å². The second kappa shape index (κ2) is 4.63. The van der Waals surface area contributed by atoms with Gasteiger partial charge in [-0.3, -0.25) is 0 Å². The number of aromatic nitrogens is 2. The summed E-state index contributed by atoms with van der Waals surface area (Å²) in [5, 5.41) is 1.80. The van der Waals surface area contributed by atoms with Crippen LogP contribution in [0.15, 0.2) is 53.1 Å². The van der Waals surface area contributed by atoms with Crippen molar-refractivity contribution in [1.82, 2.24) is 4.98 Å². The van der Waals surface area contributed by atoms with Crippen molar-refractivity contribution < 1.29 is 13.4 Å². The molecule has 3 aromatic heterocycles. The minimum atomic E-state index is -0.530. The van der Waals surface area contributed by atoms with Crippen LogP contribution in [0, 0.1) is 12.9 Å². The molecule has 0 unspecified atom stereocenters. The molecular weight excluding hydrogens is 279 g/mol. The molecule has 0 saturated carbocycles. The van der Waals surface area contributed by atoms with Crippen LogP contribution in [0.3, 0.4) is 0 Å². The molecule has 4 rings (SSSR count). The largest absolute Gasteiger partial charge is 0.438 e. The van der Waals surface area contributed by atoms with E-state index in [1.807, 2.05) is 31.4 Å². The third kappa shape index (κ3) is 1.88. The first-order chi connectivity index (χ1) is 10.6. The van der Waals surface area contributed by atoms with Crippen molar-refractivity contribution in [2.75, 3.05) is 0 Å². The number of halogens is 1. The second-order valence-corrected chi connectivity index (χ2v) is 5.45. The van der Waals surface area contributed by atoms with Crippen LogP contribution in [0.25, 0.3) is 33.3 Å². The first-order valence-electron chi connectivity index (χ1n) is 7.08. The molecule has 22 heavy (non-hydrogen) atoms. The molecule has 3 heterocycles. The highest BCUT2D eigenvalue weighted by Crippen LogP contribution is 2.32. The average molecular weight is 293 g/mol. The van der Waals surface area contributed by atoms with E-state index >= 15 is 0 Å². The van der Waals surface area contributed by atoms with Crippen LogP contribution in [-0.2, 0) is 7.05 Å². The number of hydrogen-bond donors (Lipinski definition) is 0. The summed E-state index contributed by atoms with van der Waals surface area (Å²) in [6.07, 6.45) is 2.01. The van der Waals surface area contributed by atoms with Crippen LogP contribution in [0.1, 0.15) is 5.56 Å². The van der Waals surface area contributed by atoms with Gasteiger partial charge in [-0.25, -0.2) is 4.57 Å². The smallest absolute Gasteiger partial charge is 0.229 e. The van der Waals surface area contributed by atoms with Crippen molar-refractivity contribution in [2.45, 2.75) is 6.92 Å². The van der Waals surface area contributed by atoms with E-state index in [0.717, 1.165) is 33.2 Å². The van der Waals surface area contributed by atoms with Gasteiger partial charge in [-0.1, -0.05) is 0 Å². The van der Waals surface area contributed by atoms with Crippen LogP contribution < -0.4 is 4.57 Å². The number of nitrogens with zero attached hydrogens (tertiary/aromatic N) is 2. The van der Waals surface area contributed by atoms with Gasteiger partial charge < -0.3 is 4.42 Å². The van der Waals surface area contributed by atoms with E-state index in [9.17, 15) is 4.39 Å². The highest BCUT2D eigenvalue weighted by molar-refractivity contribution is 6.05. The van der Waals surface area contributed by atoms with Crippen LogP contribution in [0.4, 0.5) is 4.39 Å². The molecule has 0 aliphatic rings. The third-order valence-corrected chi connectivity index (χ3v) is 3.98. The van der Waals surface area contributed by atoms with Gasteiger partial charge >= 0.3 is 0 Å². The Morgan fingerprint density at radius 3 is 2.77 bits per heavy atom. The lowest BCUT2D eigenvalue weighted by Gasteiger charge is -2.04. The number of fused-ring (bicyclic) bond motifs is 3. The van der Waals surface area contributed by atoms with Crippen molar-refractivity contribution in [3.8, 4) is 11.3 Å². The van der Waals surface area contributed by atoms with Gasteiger partial charge in [0.25, 0.3) is 0 Å². The van der Waals surface area contributed by atoms with Gasteiger partial charge in [0.1, 0.15) is 12.6 Å². The predicted octanol–water partition coefficient (Wildman–Crippen LogP) is 3.92. The van der Waals surface area contributed by atoms with E-state index < -0.39 is 5.95 Å². The van der Waals surface area contributed by atoms with Crippen molar-refractivity contribution in [3.63, 3.8) is 0 Å². The number of benzene rings is 1. The zero-order valence-electron chi connectivity index (χ0n) is 12.3. The van der Waals surface area contributed by atoms with Crippen molar-refractivity contribution in [2.24, 2.45) is 7.05 Å². The van der Waals surface area contributed by atoms with Crippen LogP contribution in [0.2, 0.25) is 0 Å². The molecule has 0 bridgehead atoms. The van der Waals surface area contributed by atoms with E-state index in [1.54, 1.807) is 6.07 Å². The normalized spacial score (nSPS) is 11.4. The van der Waals surface area contributed by atoms with Crippen molar-refractivity contribution in [3.05, 3.63) is 60.2 Å². The number of aryl methyl sites for hydroxylation is 2. The van der Waals surface area contributed by atoms with Gasteiger partial charge in [0, 0.05) is 22.9 Å². The molecule has 0 aliphatic carbocycles. The lowest BCUT2D eigenvalue weighted by atomic mass is 10.0. The molecule has 0 atom stereocenters. The maximum Gasteiger partial charge on any atom is 0.229 e. The number of rotatable bonds is 1. The second-order valence-electron chi connectivity index (χ2n) is 5.45. The minimum Gasteiger partial charge on any atom is -0.438 e. The third-order valence-electron chi connectivity index (χ3n) is 3.98. The molecule has 3 nitrogen and oxygen atoms in total. The molecule has 4 heteroatoms. The molecular formula is C18H14FN2O+. The van der Waals surface area contributed by atoms with Gasteiger partial charge in [-0.2, -0.15) is 9.37 Å². The van der Waals surface area contributed by atoms with Gasteiger partial charge in [-0.05, 0) is 42.8 Å². The highest BCUT2D eigenvalue weighted by Gasteiger charge is 2.16. The van der Waals surface area contributed by atoms with E-state index in [0.29, 0.717) is 5.71 Å². The molecule has 0 aliphatic heterocycles. The fourth-order valence-corrected chi connectivity index (χ4v) is 2.87. The summed E-state index contributed by atoms with van der Waals surface area (Å²) >= 11 is 0. The average Bonchev–Trinajstić information content (AvgIpc) is 2.83. The summed E-state index contributed by atoms with van der Waals surface area (Å²) < 4.78 is 21.1. The Morgan fingerprint density at radius 2 is 1.95 bits per heavy atom. The summed E-state index contributed by atoms with van der Waals surface area (Å²) in [5.74, 6) is -0.530. The Kier molecular flexibility index (Phi) is 2.73. The van der Waals surface area contributed by atoms with E-state index in [1.165, 1.54) is 6.07 Å². The van der Waals surface area contributed by atoms with Gasteiger partial charge in [0.2, 0.25) is 17.4 Å². The van der Waals surface area contributed by atoms with Crippen molar-refractivity contribution >= 4 is 22.1 Å². The molecule has 0 fully saturated rings. The highest BCUT2D eigenvalue weighted by atomic mass is 19.1. The van der Waals surface area contributed by atoms with Gasteiger partial charge in [0.05, 0.1) is 5.56 Å². The van der Waals surface area contributed by atoms with E-state index in [-0.39, 0.29) is 0 Å². The Balaban J connectivity index is 2.04. The Bertz CT molecular complexity index is 1020. The molecule has 0 radical (unpaired) electrons. The number of pyridine rings is 2. The zero-order valence-corrected chi connectivity index (χ0v) is 12.3. The zero-order chi connectivity index (χ0) is 15.3. The summed E-state index contributed by atoms with van der Waals surface area (Å²) in [6, 6.07) is 13.2. The summed E-state index contributed by atoms with van der Waals surface area (Å²) in [6.45, 7) is 2.07. The van der Waals surface area contributed by atoms with E-state index in [4.69, 9.17) is 4.42 Å². The number of furan rings is 1. The molecule has 1 aromatic carbocycles. The quantitative estimate of drug-likeness (QED) is 0.393. The van der Waals surface area contributed by atoms with Crippen LogP contribution in [-0.4, -0.2) is 4.98 Å².